The molecule has 0 saturated carbocycles. The Kier molecular flexibility index (Phi) is 5.24. The van der Waals surface area contributed by atoms with Crippen LogP contribution in [-0.4, -0.2) is 67.1 Å². The fourth-order valence-corrected chi connectivity index (χ4v) is 3.79. The lowest BCUT2D eigenvalue weighted by Gasteiger charge is -2.36. The zero-order valence-electron chi connectivity index (χ0n) is 14.4. The molecule has 1 aromatic rings. The van der Waals surface area contributed by atoms with Crippen LogP contribution >= 0.6 is 12.2 Å². The van der Waals surface area contributed by atoms with Crippen LogP contribution in [0.2, 0.25) is 0 Å². The van der Waals surface area contributed by atoms with Crippen molar-refractivity contribution in [2.75, 3.05) is 46.1 Å². The van der Waals surface area contributed by atoms with Crippen molar-refractivity contribution in [2.45, 2.75) is 25.5 Å². The van der Waals surface area contributed by atoms with Crippen molar-refractivity contribution in [2.24, 2.45) is 0 Å². The van der Waals surface area contributed by atoms with Gasteiger partial charge in [-0.05, 0) is 42.8 Å². The van der Waals surface area contributed by atoms with E-state index in [2.05, 4.69) is 27.2 Å². The number of ether oxygens (including phenoxy) is 3. The molecule has 1 N–H and O–H groups in total. The van der Waals surface area contributed by atoms with Crippen LogP contribution in [0.25, 0.3) is 0 Å². The summed E-state index contributed by atoms with van der Waals surface area (Å²) in [5.41, 5.74) is 1.26. The first-order valence-electron chi connectivity index (χ1n) is 9.03. The Labute approximate surface area is 154 Å². The molecule has 7 heteroatoms. The third-order valence-corrected chi connectivity index (χ3v) is 5.41. The van der Waals surface area contributed by atoms with Crippen molar-refractivity contribution in [1.82, 2.24) is 15.1 Å². The van der Waals surface area contributed by atoms with Gasteiger partial charge in [-0.3, -0.25) is 4.90 Å². The van der Waals surface area contributed by atoms with Gasteiger partial charge in [0.25, 0.3) is 0 Å². The van der Waals surface area contributed by atoms with Crippen LogP contribution in [0.3, 0.4) is 0 Å². The maximum atomic E-state index is 5.64. The van der Waals surface area contributed by atoms with Crippen molar-refractivity contribution in [3.8, 4) is 11.5 Å². The van der Waals surface area contributed by atoms with Crippen LogP contribution in [0.4, 0.5) is 0 Å². The molecule has 1 atom stereocenters. The fraction of sp³-hybridized carbons (Fsp3) is 0.611. The van der Waals surface area contributed by atoms with Gasteiger partial charge in [-0.25, -0.2) is 0 Å². The van der Waals surface area contributed by atoms with Crippen LogP contribution in [0.5, 0.6) is 11.5 Å². The van der Waals surface area contributed by atoms with Crippen molar-refractivity contribution in [3.63, 3.8) is 0 Å². The molecule has 3 heterocycles. The fourth-order valence-electron chi connectivity index (χ4n) is 3.52. The lowest BCUT2D eigenvalue weighted by molar-refractivity contribution is 0.112. The number of hydrogen-bond donors (Lipinski definition) is 1. The van der Waals surface area contributed by atoms with Gasteiger partial charge in [0.2, 0.25) is 6.79 Å². The number of hydrogen-bond acceptors (Lipinski definition) is 5. The maximum Gasteiger partial charge on any atom is 0.231 e. The highest BCUT2D eigenvalue weighted by Crippen LogP contribution is 2.32. The van der Waals surface area contributed by atoms with E-state index in [9.17, 15) is 0 Å². The van der Waals surface area contributed by atoms with Gasteiger partial charge in [0, 0.05) is 45.9 Å². The lowest BCUT2D eigenvalue weighted by atomic mass is 10.1. The number of piperazine rings is 1. The van der Waals surface area contributed by atoms with E-state index < -0.39 is 0 Å². The summed E-state index contributed by atoms with van der Waals surface area (Å²) in [6.07, 6.45) is 2.63. The molecule has 0 bridgehead atoms. The molecule has 1 aromatic carbocycles. The molecule has 136 valence electrons. The van der Waals surface area contributed by atoms with Crippen molar-refractivity contribution in [3.05, 3.63) is 23.8 Å². The van der Waals surface area contributed by atoms with Crippen LogP contribution in [0.1, 0.15) is 18.4 Å². The number of fused-ring (bicyclic) bond motifs is 1. The molecule has 3 aliphatic heterocycles. The van der Waals surface area contributed by atoms with E-state index in [1.807, 2.05) is 6.07 Å². The molecule has 0 radical (unpaired) electrons. The van der Waals surface area contributed by atoms with Crippen LogP contribution in [0, 0.1) is 0 Å². The standard InChI is InChI=1S/C18H25N3O3S/c25-18(19-11-15-2-1-9-22-15)21-7-5-20(6-8-21)12-14-3-4-16-17(10-14)24-13-23-16/h3-4,10,15H,1-2,5-9,11-13H2,(H,19,25). The third kappa shape index (κ3) is 4.16. The molecule has 3 aliphatic rings. The second-order valence-electron chi connectivity index (χ2n) is 6.77. The Morgan fingerprint density at radius 3 is 2.80 bits per heavy atom. The van der Waals surface area contributed by atoms with E-state index in [4.69, 9.17) is 26.4 Å². The Hall–Kier alpha value is -1.57. The molecular formula is C18H25N3O3S. The predicted molar refractivity (Wildman–Crippen MR) is 99.0 cm³/mol. The van der Waals surface area contributed by atoms with Gasteiger partial charge in [0.1, 0.15) is 0 Å². The normalized spacial score (nSPS) is 23.0. The molecule has 4 rings (SSSR count). The summed E-state index contributed by atoms with van der Waals surface area (Å²) in [5.74, 6) is 1.70. The molecule has 1 unspecified atom stereocenters. The maximum absolute atomic E-state index is 5.64. The Balaban J connectivity index is 1.22. The highest BCUT2D eigenvalue weighted by Gasteiger charge is 2.21. The number of nitrogens with one attached hydrogen (secondary N) is 1. The summed E-state index contributed by atoms with van der Waals surface area (Å²) in [5, 5.41) is 4.23. The average Bonchev–Trinajstić information content (AvgIpc) is 3.31. The smallest absolute Gasteiger partial charge is 0.231 e. The summed E-state index contributed by atoms with van der Waals surface area (Å²) < 4.78 is 16.5. The molecule has 0 spiro atoms. The largest absolute Gasteiger partial charge is 0.454 e. The second kappa shape index (κ2) is 7.76. The summed E-state index contributed by atoms with van der Waals surface area (Å²) in [6.45, 7) is 6.92. The topological polar surface area (TPSA) is 46.2 Å². The minimum atomic E-state index is 0.324. The molecule has 0 aromatic heterocycles. The lowest BCUT2D eigenvalue weighted by Crippen LogP contribution is -2.52. The van der Waals surface area contributed by atoms with Gasteiger partial charge in [-0.2, -0.15) is 0 Å². The van der Waals surface area contributed by atoms with Gasteiger partial charge in [-0.15, -0.1) is 0 Å². The van der Waals surface area contributed by atoms with Gasteiger partial charge >= 0.3 is 0 Å². The molecule has 25 heavy (non-hydrogen) atoms. The van der Waals surface area contributed by atoms with Crippen molar-refractivity contribution in [1.29, 1.82) is 0 Å². The summed E-state index contributed by atoms with van der Waals surface area (Å²) in [6, 6.07) is 6.20. The molecule has 0 aliphatic carbocycles. The number of thiocarbonyl (C=S) groups is 1. The van der Waals surface area contributed by atoms with Gasteiger partial charge in [0.15, 0.2) is 16.6 Å². The second-order valence-corrected chi connectivity index (χ2v) is 7.16. The van der Waals surface area contributed by atoms with E-state index >= 15 is 0 Å². The van der Waals surface area contributed by atoms with Gasteiger partial charge < -0.3 is 24.4 Å². The predicted octanol–water partition coefficient (Wildman–Crippen LogP) is 1.59. The van der Waals surface area contributed by atoms with E-state index in [0.717, 1.165) is 75.3 Å². The van der Waals surface area contributed by atoms with E-state index in [1.54, 1.807) is 0 Å². The molecular weight excluding hydrogens is 338 g/mol. The van der Waals surface area contributed by atoms with Crippen LogP contribution in [-0.2, 0) is 11.3 Å². The third-order valence-electron chi connectivity index (χ3n) is 5.01. The number of benzene rings is 1. The molecule has 6 nitrogen and oxygen atoms in total. The zero-order valence-corrected chi connectivity index (χ0v) is 15.2. The molecule has 0 amide bonds. The van der Waals surface area contributed by atoms with E-state index in [-0.39, 0.29) is 0 Å². The first-order valence-corrected chi connectivity index (χ1v) is 9.44. The monoisotopic (exact) mass is 363 g/mol. The first-order chi connectivity index (χ1) is 12.3. The zero-order chi connectivity index (χ0) is 17.1. The highest BCUT2D eigenvalue weighted by atomic mass is 32.1. The Morgan fingerprint density at radius 1 is 1.16 bits per heavy atom. The average molecular weight is 363 g/mol. The summed E-state index contributed by atoms with van der Waals surface area (Å²) in [4.78, 5) is 4.72. The van der Waals surface area contributed by atoms with Gasteiger partial charge in [-0.1, -0.05) is 6.07 Å². The molecule has 2 fully saturated rings. The Bertz CT molecular complexity index is 614. The minimum Gasteiger partial charge on any atom is -0.454 e. The quantitative estimate of drug-likeness (QED) is 0.815. The molecule has 2 saturated heterocycles. The summed E-state index contributed by atoms with van der Waals surface area (Å²) in [7, 11) is 0. The highest BCUT2D eigenvalue weighted by molar-refractivity contribution is 7.80. The van der Waals surface area contributed by atoms with Crippen molar-refractivity contribution >= 4 is 17.3 Å². The number of rotatable bonds is 4. The van der Waals surface area contributed by atoms with Crippen LogP contribution < -0.4 is 14.8 Å². The van der Waals surface area contributed by atoms with E-state index in [0.29, 0.717) is 12.9 Å². The first kappa shape index (κ1) is 16.9. The minimum absolute atomic E-state index is 0.324. The van der Waals surface area contributed by atoms with Crippen LogP contribution in [0.15, 0.2) is 18.2 Å². The Morgan fingerprint density at radius 2 is 2.00 bits per heavy atom. The van der Waals surface area contributed by atoms with Gasteiger partial charge in [0.05, 0.1) is 6.10 Å². The van der Waals surface area contributed by atoms with Crippen molar-refractivity contribution < 1.29 is 14.2 Å². The SMILES string of the molecule is S=C(NCC1CCCO1)N1CCN(Cc2ccc3c(c2)OCO3)CC1. The number of nitrogens with zero attached hydrogens (tertiary/aromatic N) is 2. The van der Waals surface area contributed by atoms with E-state index in [1.165, 1.54) is 5.56 Å². The summed E-state index contributed by atoms with van der Waals surface area (Å²) >= 11 is 5.54.